The number of nitrogens with zero attached hydrogens (tertiary/aromatic N) is 2. The van der Waals surface area contributed by atoms with Crippen molar-refractivity contribution in [3.8, 4) is 0 Å². The third kappa shape index (κ3) is 4.29. The van der Waals surface area contributed by atoms with Crippen LogP contribution in [0.2, 0.25) is 0 Å². The number of hydrogen-bond acceptors (Lipinski definition) is 2. The number of halogens is 1. The van der Waals surface area contributed by atoms with E-state index in [-0.39, 0.29) is 0 Å². The maximum absolute atomic E-state index is 5.62. The zero-order valence-corrected chi connectivity index (χ0v) is 8.67. The molecule has 74 valence electrons. The molecule has 1 unspecified atom stereocenters. The van der Waals surface area contributed by atoms with Gasteiger partial charge in [-0.1, -0.05) is 0 Å². The van der Waals surface area contributed by atoms with E-state index in [0.717, 1.165) is 25.4 Å². The summed E-state index contributed by atoms with van der Waals surface area (Å²) in [6.45, 7) is 4.00. The molecule has 3 nitrogen and oxygen atoms in total. The molecule has 0 aromatic carbocycles. The first-order valence-electron chi connectivity index (χ1n) is 4.59. The zero-order chi connectivity index (χ0) is 9.52. The summed E-state index contributed by atoms with van der Waals surface area (Å²) in [7, 11) is 0. The van der Waals surface area contributed by atoms with Crippen LogP contribution in [-0.4, -0.2) is 28.2 Å². The van der Waals surface area contributed by atoms with E-state index < -0.39 is 0 Å². The van der Waals surface area contributed by atoms with Crippen molar-refractivity contribution in [3.05, 3.63) is 18.5 Å². The van der Waals surface area contributed by atoms with Crippen molar-refractivity contribution in [2.75, 3.05) is 12.4 Å². The van der Waals surface area contributed by atoms with Gasteiger partial charge in [-0.15, -0.1) is 11.6 Å². The Morgan fingerprint density at radius 1 is 1.62 bits per heavy atom. The van der Waals surface area contributed by atoms with Crippen LogP contribution in [0.15, 0.2) is 18.5 Å². The third-order valence-electron chi connectivity index (χ3n) is 1.94. The Bertz CT molecular complexity index is 211. The Balaban J connectivity index is 2.07. The SMILES string of the molecule is CC(CCCl)NCCn1cccn1. The highest BCUT2D eigenvalue weighted by Gasteiger charge is 1.98. The van der Waals surface area contributed by atoms with E-state index in [0.29, 0.717) is 6.04 Å². The molecular weight excluding hydrogens is 186 g/mol. The van der Waals surface area contributed by atoms with Crippen molar-refractivity contribution in [3.63, 3.8) is 0 Å². The van der Waals surface area contributed by atoms with Gasteiger partial charge in [0.15, 0.2) is 0 Å². The van der Waals surface area contributed by atoms with Crippen molar-refractivity contribution in [1.82, 2.24) is 15.1 Å². The quantitative estimate of drug-likeness (QED) is 0.707. The van der Waals surface area contributed by atoms with Gasteiger partial charge >= 0.3 is 0 Å². The Morgan fingerprint density at radius 2 is 2.46 bits per heavy atom. The van der Waals surface area contributed by atoms with Gasteiger partial charge in [0, 0.05) is 30.9 Å². The number of aromatic nitrogens is 2. The lowest BCUT2D eigenvalue weighted by Crippen LogP contribution is -2.29. The zero-order valence-electron chi connectivity index (χ0n) is 7.91. The first kappa shape index (κ1) is 10.5. The summed E-state index contributed by atoms with van der Waals surface area (Å²) in [6, 6.07) is 2.43. The molecule has 1 heterocycles. The van der Waals surface area contributed by atoms with E-state index in [1.54, 1.807) is 6.20 Å². The molecule has 1 aromatic heterocycles. The molecule has 1 rings (SSSR count). The van der Waals surface area contributed by atoms with Gasteiger partial charge in [-0.2, -0.15) is 5.10 Å². The van der Waals surface area contributed by atoms with Crippen LogP contribution < -0.4 is 5.32 Å². The molecule has 0 aliphatic heterocycles. The highest BCUT2D eigenvalue weighted by molar-refractivity contribution is 6.17. The standard InChI is InChI=1S/C9H16ClN3/c1-9(3-4-10)11-6-8-13-7-2-5-12-13/h2,5,7,9,11H,3-4,6,8H2,1H3. The molecule has 1 N–H and O–H groups in total. The molecule has 0 saturated heterocycles. The molecule has 0 amide bonds. The van der Waals surface area contributed by atoms with E-state index in [4.69, 9.17) is 11.6 Å². The number of alkyl halides is 1. The lowest BCUT2D eigenvalue weighted by molar-refractivity contribution is 0.488. The van der Waals surface area contributed by atoms with Gasteiger partial charge in [-0.05, 0) is 19.4 Å². The summed E-state index contributed by atoms with van der Waals surface area (Å²) in [5, 5.41) is 7.49. The average molecular weight is 202 g/mol. The molecular formula is C9H16ClN3. The molecule has 4 heteroatoms. The molecule has 0 aliphatic rings. The van der Waals surface area contributed by atoms with Gasteiger partial charge in [0.1, 0.15) is 0 Å². The fraction of sp³-hybridized carbons (Fsp3) is 0.667. The summed E-state index contributed by atoms with van der Waals surface area (Å²) in [5.41, 5.74) is 0. The van der Waals surface area contributed by atoms with Crippen LogP contribution >= 0.6 is 11.6 Å². The van der Waals surface area contributed by atoms with Gasteiger partial charge in [-0.25, -0.2) is 0 Å². The lowest BCUT2D eigenvalue weighted by atomic mass is 10.2. The fourth-order valence-corrected chi connectivity index (χ4v) is 1.45. The van der Waals surface area contributed by atoms with Gasteiger partial charge in [0.05, 0.1) is 6.54 Å². The van der Waals surface area contributed by atoms with Crippen LogP contribution in [0.5, 0.6) is 0 Å². The number of nitrogens with one attached hydrogen (secondary N) is 1. The molecule has 13 heavy (non-hydrogen) atoms. The summed E-state index contributed by atoms with van der Waals surface area (Å²) < 4.78 is 1.92. The summed E-state index contributed by atoms with van der Waals surface area (Å²) in [5.74, 6) is 0.718. The summed E-state index contributed by atoms with van der Waals surface area (Å²) >= 11 is 5.62. The highest BCUT2D eigenvalue weighted by atomic mass is 35.5. The van der Waals surface area contributed by atoms with Gasteiger partial charge < -0.3 is 5.32 Å². The molecule has 0 saturated carbocycles. The second-order valence-corrected chi connectivity index (χ2v) is 3.48. The maximum atomic E-state index is 5.62. The largest absolute Gasteiger partial charge is 0.312 e. The van der Waals surface area contributed by atoms with Crippen molar-refractivity contribution >= 4 is 11.6 Å². The van der Waals surface area contributed by atoms with E-state index in [9.17, 15) is 0 Å². The minimum atomic E-state index is 0.494. The first-order valence-corrected chi connectivity index (χ1v) is 5.13. The van der Waals surface area contributed by atoms with E-state index >= 15 is 0 Å². The molecule has 1 aromatic rings. The average Bonchev–Trinajstić information content (AvgIpc) is 2.57. The molecule has 0 aliphatic carbocycles. The van der Waals surface area contributed by atoms with Gasteiger partial charge in [0.2, 0.25) is 0 Å². The van der Waals surface area contributed by atoms with Gasteiger partial charge in [-0.3, -0.25) is 4.68 Å². The van der Waals surface area contributed by atoms with Crippen molar-refractivity contribution < 1.29 is 0 Å². The van der Waals surface area contributed by atoms with Crippen LogP contribution in [0.3, 0.4) is 0 Å². The highest BCUT2D eigenvalue weighted by Crippen LogP contribution is 1.92. The number of rotatable bonds is 6. The van der Waals surface area contributed by atoms with Crippen LogP contribution in [0.1, 0.15) is 13.3 Å². The molecule has 0 spiro atoms. The second kappa shape index (κ2) is 6.00. The Kier molecular flexibility index (Phi) is 4.86. The molecule has 0 fully saturated rings. The van der Waals surface area contributed by atoms with Crippen LogP contribution in [0, 0.1) is 0 Å². The van der Waals surface area contributed by atoms with Crippen molar-refractivity contribution in [1.29, 1.82) is 0 Å². The Morgan fingerprint density at radius 3 is 3.08 bits per heavy atom. The third-order valence-corrected chi connectivity index (χ3v) is 2.15. The van der Waals surface area contributed by atoms with E-state index in [1.807, 2.05) is 16.9 Å². The second-order valence-electron chi connectivity index (χ2n) is 3.10. The minimum absolute atomic E-state index is 0.494. The van der Waals surface area contributed by atoms with Crippen molar-refractivity contribution in [2.45, 2.75) is 25.9 Å². The Labute approximate surface area is 84.1 Å². The molecule has 0 bridgehead atoms. The fourth-order valence-electron chi connectivity index (χ4n) is 1.12. The van der Waals surface area contributed by atoms with Gasteiger partial charge in [0.25, 0.3) is 0 Å². The normalized spacial score (nSPS) is 13.1. The molecule has 0 radical (unpaired) electrons. The van der Waals surface area contributed by atoms with Crippen molar-refractivity contribution in [2.24, 2.45) is 0 Å². The monoisotopic (exact) mass is 201 g/mol. The molecule has 1 atom stereocenters. The number of hydrogen-bond donors (Lipinski definition) is 1. The summed E-state index contributed by atoms with van der Waals surface area (Å²) in [6.07, 6.45) is 4.77. The lowest BCUT2D eigenvalue weighted by Gasteiger charge is -2.11. The predicted octanol–water partition coefficient (Wildman–Crippen LogP) is 1.49. The maximum Gasteiger partial charge on any atom is 0.0534 e. The Hall–Kier alpha value is -0.540. The van der Waals surface area contributed by atoms with E-state index in [2.05, 4.69) is 17.3 Å². The van der Waals surface area contributed by atoms with Crippen LogP contribution in [-0.2, 0) is 6.54 Å². The predicted molar refractivity (Wildman–Crippen MR) is 55.0 cm³/mol. The topological polar surface area (TPSA) is 29.9 Å². The van der Waals surface area contributed by atoms with Crippen LogP contribution in [0.25, 0.3) is 0 Å². The minimum Gasteiger partial charge on any atom is -0.312 e. The van der Waals surface area contributed by atoms with Crippen LogP contribution in [0.4, 0.5) is 0 Å². The smallest absolute Gasteiger partial charge is 0.0534 e. The summed E-state index contributed by atoms with van der Waals surface area (Å²) in [4.78, 5) is 0. The first-order chi connectivity index (χ1) is 6.33. The van der Waals surface area contributed by atoms with E-state index in [1.165, 1.54) is 0 Å².